The lowest BCUT2D eigenvalue weighted by atomic mass is 9.99. The van der Waals surface area contributed by atoms with Crippen LogP contribution in [0.1, 0.15) is 19.8 Å². The molecule has 1 aliphatic heterocycles. The number of hydrazine groups is 1. The topological polar surface area (TPSA) is 93.1 Å². The Morgan fingerprint density at radius 2 is 2.06 bits per heavy atom. The Balaban J connectivity index is 2.16. The van der Waals surface area contributed by atoms with Crippen LogP contribution in [0.5, 0.6) is 0 Å². The second-order valence-corrected chi connectivity index (χ2v) is 4.28. The summed E-state index contributed by atoms with van der Waals surface area (Å²) < 4.78 is 0. The number of nitrogens with zero attached hydrogens (tertiary/aromatic N) is 3. The van der Waals surface area contributed by atoms with Crippen LogP contribution in [0.3, 0.4) is 0 Å². The van der Waals surface area contributed by atoms with E-state index in [1.807, 2.05) is 6.07 Å². The van der Waals surface area contributed by atoms with Gasteiger partial charge in [0.25, 0.3) is 0 Å². The molecule has 0 atom stereocenters. The predicted octanol–water partition coefficient (Wildman–Crippen LogP) is 0.581. The Hall–Kier alpha value is -1.56. The second kappa shape index (κ2) is 4.52. The van der Waals surface area contributed by atoms with Crippen molar-refractivity contribution in [2.24, 2.45) is 11.8 Å². The molecular weight excluding hydrogens is 204 g/mol. The van der Waals surface area contributed by atoms with Crippen molar-refractivity contribution < 1.29 is 0 Å². The third kappa shape index (κ3) is 2.33. The monoisotopic (exact) mass is 222 g/mol. The van der Waals surface area contributed by atoms with Crippen molar-refractivity contribution in [1.82, 2.24) is 9.97 Å². The van der Waals surface area contributed by atoms with Crippen molar-refractivity contribution in [2.45, 2.75) is 19.8 Å². The molecule has 1 saturated heterocycles. The molecule has 0 spiro atoms. The molecule has 0 unspecified atom stereocenters. The van der Waals surface area contributed by atoms with E-state index in [1.165, 1.54) is 12.8 Å². The quantitative estimate of drug-likeness (QED) is 0.500. The molecule has 6 nitrogen and oxygen atoms in total. The fourth-order valence-electron chi connectivity index (χ4n) is 1.93. The summed E-state index contributed by atoms with van der Waals surface area (Å²) in [5.41, 5.74) is 8.12. The van der Waals surface area contributed by atoms with E-state index in [9.17, 15) is 0 Å². The van der Waals surface area contributed by atoms with Crippen molar-refractivity contribution in [3.05, 3.63) is 6.07 Å². The van der Waals surface area contributed by atoms with Crippen LogP contribution in [-0.4, -0.2) is 23.1 Å². The summed E-state index contributed by atoms with van der Waals surface area (Å²) >= 11 is 0. The molecule has 1 aromatic heterocycles. The summed E-state index contributed by atoms with van der Waals surface area (Å²) in [6.45, 7) is 4.31. The molecule has 2 rings (SSSR count). The average Bonchev–Trinajstić information content (AvgIpc) is 2.29. The summed E-state index contributed by atoms with van der Waals surface area (Å²) in [5.74, 6) is 7.78. The maximum atomic E-state index is 5.62. The number of anilines is 3. The Morgan fingerprint density at radius 3 is 2.69 bits per heavy atom. The third-order valence-electron chi connectivity index (χ3n) is 2.99. The van der Waals surface area contributed by atoms with Crippen LogP contribution in [0.25, 0.3) is 0 Å². The van der Waals surface area contributed by atoms with E-state index in [2.05, 4.69) is 27.2 Å². The third-order valence-corrected chi connectivity index (χ3v) is 2.99. The SMILES string of the molecule is CC1CCN(c2cc(NN)nc(N)n2)CC1. The molecule has 88 valence electrons. The molecule has 0 aliphatic carbocycles. The molecule has 5 N–H and O–H groups in total. The van der Waals surface area contributed by atoms with Crippen molar-refractivity contribution >= 4 is 17.6 Å². The Labute approximate surface area is 95.0 Å². The molecule has 0 aromatic carbocycles. The highest BCUT2D eigenvalue weighted by atomic mass is 15.3. The van der Waals surface area contributed by atoms with Crippen LogP contribution in [0, 0.1) is 5.92 Å². The van der Waals surface area contributed by atoms with E-state index < -0.39 is 0 Å². The zero-order chi connectivity index (χ0) is 11.5. The lowest BCUT2D eigenvalue weighted by molar-refractivity contribution is 0.436. The van der Waals surface area contributed by atoms with Gasteiger partial charge in [0.1, 0.15) is 11.6 Å². The maximum Gasteiger partial charge on any atom is 0.223 e. The Morgan fingerprint density at radius 1 is 1.38 bits per heavy atom. The summed E-state index contributed by atoms with van der Waals surface area (Å²) in [5, 5.41) is 0. The van der Waals surface area contributed by atoms with E-state index in [0.717, 1.165) is 24.8 Å². The van der Waals surface area contributed by atoms with Crippen molar-refractivity contribution in [3.8, 4) is 0 Å². The van der Waals surface area contributed by atoms with Crippen LogP contribution in [0.4, 0.5) is 17.6 Å². The van der Waals surface area contributed by atoms with Gasteiger partial charge < -0.3 is 16.1 Å². The minimum atomic E-state index is 0.254. The molecule has 16 heavy (non-hydrogen) atoms. The van der Waals surface area contributed by atoms with Crippen LogP contribution < -0.4 is 21.9 Å². The molecular formula is C10H18N6. The van der Waals surface area contributed by atoms with Gasteiger partial charge in [-0.1, -0.05) is 6.92 Å². The van der Waals surface area contributed by atoms with Crippen LogP contribution in [0.15, 0.2) is 6.07 Å². The molecule has 2 heterocycles. The molecule has 6 heteroatoms. The van der Waals surface area contributed by atoms with Gasteiger partial charge in [-0.25, -0.2) is 5.84 Å². The number of nitrogens with one attached hydrogen (secondary N) is 1. The summed E-state index contributed by atoms with van der Waals surface area (Å²) in [7, 11) is 0. The normalized spacial score (nSPS) is 17.5. The molecule has 1 aliphatic rings. The van der Waals surface area contributed by atoms with Crippen LogP contribution >= 0.6 is 0 Å². The zero-order valence-electron chi connectivity index (χ0n) is 9.48. The smallest absolute Gasteiger partial charge is 0.223 e. The van der Waals surface area contributed by atoms with Gasteiger partial charge in [0, 0.05) is 19.2 Å². The molecule has 0 amide bonds. The number of rotatable bonds is 2. The highest BCUT2D eigenvalue weighted by Gasteiger charge is 2.17. The van der Waals surface area contributed by atoms with E-state index in [1.54, 1.807) is 0 Å². The number of hydrogen-bond acceptors (Lipinski definition) is 6. The van der Waals surface area contributed by atoms with E-state index in [-0.39, 0.29) is 5.95 Å². The highest BCUT2D eigenvalue weighted by molar-refractivity contribution is 5.52. The second-order valence-electron chi connectivity index (χ2n) is 4.28. The molecule has 0 radical (unpaired) electrons. The van der Waals surface area contributed by atoms with E-state index >= 15 is 0 Å². The minimum absolute atomic E-state index is 0.254. The summed E-state index contributed by atoms with van der Waals surface area (Å²) in [6.07, 6.45) is 2.38. The van der Waals surface area contributed by atoms with Gasteiger partial charge in [0.15, 0.2) is 0 Å². The first-order valence-corrected chi connectivity index (χ1v) is 5.55. The van der Waals surface area contributed by atoms with Crippen molar-refractivity contribution in [3.63, 3.8) is 0 Å². The van der Waals surface area contributed by atoms with Gasteiger partial charge in [0.2, 0.25) is 5.95 Å². The van der Waals surface area contributed by atoms with Gasteiger partial charge in [-0.3, -0.25) is 0 Å². The highest BCUT2D eigenvalue weighted by Crippen LogP contribution is 2.23. The predicted molar refractivity (Wildman–Crippen MR) is 64.9 cm³/mol. The summed E-state index contributed by atoms with van der Waals surface area (Å²) in [6, 6.07) is 1.83. The fraction of sp³-hybridized carbons (Fsp3) is 0.600. The molecule has 0 bridgehead atoms. The Kier molecular flexibility index (Phi) is 3.09. The van der Waals surface area contributed by atoms with E-state index in [4.69, 9.17) is 11.6 Å². The lowest BCUT2D eigenvalue weighted by Crippen LogP contribution is -2.33. The van der Waals surface area contributed by atoms with Gasteiger partial charge in [-0.15, -0.1) is 0 Å². The van der Waals surface area contributed by atoms with Crippen molar-refractivity contribution in [1.29, 1.82) is 0 Å². The Bertz CT molecular complexity index is 358. The first-order chi connectivity index (χ1) is 7.69. The number of hydrogen-bond donors (Lipinski definition) is 3. The average molecular weight is 222 g/mol. The standard InChI is InChI=1S/C10H18N6/c1-7-2-4-16(5-3-7)9-6-8(15-12)13-10(11)14-9/h6-7H,2-5,12H2,1H3,(H3,11,13,14,15). The first-order valence-electron chi connectivity index (χ1n) is 5.55. The number of aromatic nitrogens is 2. The van der Waals surface area contributed by atoms with Crippen molar-refractivity contribution in [2.75, 3.05) is 29.1 Å². The first kappa shape index (κ1) is 10.9. The lowest BCUT2D eigenvalue weighted by Gasteiger charge is -2.31. The number of piperidine rings is 1. The zero-order valence-corrected chi connectivity index (χ0v) is 9.48. The van der Waals surface area contributed by atoms with Gasteiger partial charge >= 0.3 is 0 Å². The van der Waals surface area contributed by atoms with Crippen LogP contribution in [0.2, 0.25) is 0 Å². The largest absolute Gasteiger partial charge is 0.368 e. The fourth-order valence-corrected chi connectivity index (χ4v) is 1.93. The molecule has 0 saturated carbocycles. The van der Waals surface area contributed by atoms with Gasteiger partial charge in [0.05, 0.1) is 0 Å². The molecule has 1 fully saturated rings. The van der Waals surface area contributed by atoms with E-state index in [0.29, 0.717) is 5.82 Å². The number of nitrogen functional groups attached to an aromatic ring is 2. The summed E-state index contributed by atoms with van der Waals surface area (Å²) in [4.78, 5) is 10.4. The van der Waals surface area contributed by atoms with Gasteiger partial charge in [-0.2, -0.15) is 9.97 Å². The maximum absolute atomic E-state index is 5.62. The minimum Gasteiger partial charge on any atom is -0.368 e. The number of nitrogens with two attached hydrogens (primary N) is 2. The van der Waals surface area contributed by atoms with Crippen LogP contribution in [-0.2, 0) is 0 Å². The van der Waals surface area contributed by atoms with Gasteiger partial charge in [-0.05, 0) is 18.8 Å². The molecule has 1 aromatic rings.